The second-order valence-corrected chi connectivity index (χ2v) is 12.2. The van der Waals surface area contributed by atoms with Crippen molar-refractivity contribution >= 4 is 39.1 Å². The Balaban J connectivity index is 2.09. The van der Waals surface area contributed by atoms with Gasteiger partial charge in [-0.15, -0.1) is 0 Å². The molecule has 0 aliphatic carbocycles. The van der Waals surface area contributed by atoms with E-state index in [0.29, 0.717) is 28.9 Å². The van der Waals surface area contributed by atoms with Gasteiger partial charge in [-0.1, -0.05) is 73.5 Å². The van der Waals surface area contributed by atoms with Crippen molar-refractivity contribution in [3.05, 3.63) is 100 Å². The van der Waals surface area contributed by atoms with Crippen LogP contribution in [0.15, 0.2) is 72.8 Å². The number of hydrogen-bond donors (Lipinski definition) is 1. The number of rotatable bonds is 13. The Labute approximate surface area is 253 Å². The number of alkyl halides is 3. The van der Waals surface area contributed by atoms with Gasteiger partial charge >= 0.3 is 6.18 Å². The summed E-state index contributed by atoms with van der Waals surface area (Å²) < 4.78 is 81.7. The summed E-state index contributed by atoms with van der Waals surface area (Å²) in [4.78, 5) is 28.6. The van der Waals surface area contributed by atoms with E-state index >= 15 is 0 Å². The van der Waals surface area contributed by atoms with Crippen molar-refractivity contribution < 1.29 is 35.6 Å². The molecule has 43 heavy (non-hydrogen) atoms. The first-order valence-corrected chi connectivity index (χ1v) is 15.6. The van der Waals surface area contributed by atoms with E-state index < -0.39 is 69.2 Å². The molecular weight excluding hydrogens is 610 g/mol. The smallest absolute Gasteiger partial charge is 0.354 e. The van der Waals surface area contributed by atoms with Gasteiger partial charge in [0.25, 0.3) is 0 Å². The molecule has 232 valence electrons. The monoisotopic (exact) mass is 641 g/mol. The summed E-state index contributed by atoms with van der Waals surface area (Å²) in [6.07, 6.45) is -2.70. The quantitative estimate of drug-likeness (QED) is 0.188. The highest BCUT2D eigenvalue weighted by Crippen LogP contribution is 2.37. The lowest BCUT2D eigenvalue weighted by molar-refractivity contribution is -0.140. The van der Waals surface area contributed by atoms with Crippen LogP contribution in [0.4, 0.5) is 23.2 Å². The van der Waals surface area contributed by atoms with Crippen LogP contribution in [0.1, 0.15) is 36.5 Å². The number of carbonyl (C=O) groups excluding carboxylic acids is 2. The Morgan fingerprint density at radius 2 is 1.65 bits per heavy atom. The minimum Gasteiger partial charge on any atom is -0.354 e. The Bertz CT molecular complexity index is 1520. The number of hydrogen-bond acceptors (Lipinski definition) is 4. The average molecular weight is 642 g/mol. The number of nitrogens with zero attached hydrogens (tertiary/aromatic N) is 2. The number of carbonyl (C=O) groups is 2. The maximum absolute atomic E-state index is 14.8. The van der Waals surface area contributed by atoms with E-state index in [1.807, 2.05) is 6.92 Å². The van der Waals surface area contributed by atoms with Crippen LogP contribution in [0.2, 0.25) is 5.02 Å². The molecule has 1 atom stereocenters. The predicted molar refractivity (Wildman–Crippen MR) is 157 cm³/mol. The van der Waals surface area contributed by atoms with Gasteiger partial charge in [-0.3, -0.25) is 13.9 Å². The Kier molecular flexibility index (Phi) is 11.6. The van der Waals surface area contributed by atoms with E-state index in [0.717, 1.165) is 29.7 Å². The molecule has 0 aliphatic rings. The van der Waals surface area contributed by atoms with Crippen molar-refractivity contribution in [2.24, 2.45) is 0 Å². The number of unbranched alkanes of at least 4 members (excludes halogenated alkanes) is 1. The molecule has 0 aromatic heterocycles. The third kappa shape index (κ3) is 9.42. The van der Waals surface area contributed by atoms with Crippen LogP contribution in [0, 0.1) is 5.82 Å². The highest BCUT2D eigenvalue weighted by atomic mass is 35.5. The highest BCUT2D eigenvalue weighted by Gasteiger charge is 2.36. The summed E-state index contributed by atoms with van der Waals surface area (Å²) in [5.74, 6) is -2.12. The van der Waals surface area contributed by atoms with E-state index in [1.54, 1.807) is 36.4 Å². The summed E-state index contributed by atoms with van der Waals surface area (Å²) >= 11 is 5.72. The van der Waals surface area contributed by atoms with Crippen LogP contribution < -0.4 is 9.62 Å². The fourth-order valence-electron chi connectivity index (χ4n) is 4.37. The van der Waals surface area contributed by atoms with E-state index in [2.05, 4.69) is 5.32 Å². The van der Waals surface area contributed by atoms with Crippen LogP contribution >= 0.6 is 11.6 Å². The largest absolute Gasteiger partial charge is 0.417 e. The summed E-state index contributed by atoms with van der Waals surface area (Å²) in [5.41, 5.74) is -0.998. The first kappa shape index (κ1) is 33.9. The van der Waals surface area contributed by atoms with Gasteiger partial charge in [-0.25, -0.2) is 12.8 Å². The van der Waals surface area contributed by atoms with E-state index in [1.165, 1.54) is 18.2 Å². The molecule has 0 unspecified atom stereocenters. The molecule has 3 aromatic carbocycles. The molecule has 0 saturated heterocycles. The highest BCUT2D eigenvalue weighted by molar-refractivity contribution is 7.92. The van der Waals surface area contributed by atoms with Gasteiger partial charge in [0.2, 0.25) is 21.8 Å². The minimum absolute atomic E-state index is 0.0109. The van der Waals surface area contributed by atoms with Gasteiger partial charge in [0.1, 0.15) is 18.4 Å². The molecule has 3 aromatic rings. The van der Waals surface area contributed by atoms with Crippen molar-refractivity contribution in [2.75, 3.05) is 23.7 Å². The van der Waals surface area contributed by atoms with Gasteiger partial charge in [-0.2, -0.15) is 13.2 Å². The lowest BCUT2D eigenvalue weighted by Gasteiger charge is -2.33. The number of halogens is 5. The molecule has 0 spiro atoms. The van der Waals surface area contributed by atoms with Gasteiger partial charge < -0.3 is 10.2 Å². The number of benzene rings is 3. The fraction of sp³-hybridized carbons (Fsp3) is 0.333. The molecule has 0 fully saturated rings. The van der Waals surface area contributed by atoms with Crippen LogP contribution in [-0.4, -0.2) is 50.5 Å². The second kappa shape index (κ2) is 14.7. The third-order valence-electron chi connectivity index (χ3n) is 6.62. The topological polar surface area (TPSA) is 86.8 Å². The molecule has 0 saturated carbocycles. The Morgan fingerprint density at radius 1 is 1.00 bits per heavy atom. The molecule has 2 amide bonds. The molecule has 3 rings (SSSR count). The lowest BCUT2D eigenvalue weighted by atomic mass is 10.0. The van der Waals surface area contributed by atoms with Crippen molar-refractivity contribution in [2.45, 2.75) is 44.9 Å². The molecule has 0 radical (unpaired) electrons. The normalized spacial score (nSPS) is 12.4. The minimum atomic E-state index is -4.89. The number of amides is 2. The number of sulfonamides is 1. The lowest BCUT2D eigenvalue weighted by Crippen LogP contribution is -2.53. The molecule has 0 heterocycles. The van der Waals surface area contributed by atoms with Crippen molar-refractivity contribution in [3.63, 3.8) is 0 Å². The molecular formula is C30H32ClF4N3O4S. The molecule has 7 nitrogen and oxygen atoms in total. The van der Waals surface area contributed by atoms with Crippen molar-refractivity contribution in [3.8, 4) is 0 Å². The zero-order valence-electron chi connectivity index (χ0n) is 23.6. The van der Waals surface area contributed by atoms with Crippen LogP contribution in [0.3, 0.4) is 0 Å². The fourth-order valence-corrected chi connectivity index (χ4v) is 5.44. The summed E-state index contributed by atoms with van der Waals surface area (Å²) in [5, 5.41) is 2.14. The van der Waals surface area contributed by atoms with Crippen molar-refractivity contribution in [1.29, 1.82) is 0 Å². The zero-order chi connectivity index (χ0) is 31.8. The molecule has 0 bridgehead atoms. The van der Waals surface area contributed by atoms with Gasteiger partial charge in [-0.05, 0) is 36.2 Å². The zero-order valence-corrected chi connectivity index (χ0v) is 25.1. The second-order valence-electron chi connectivity index (χ2n) is 9.89. The predicted octanol–water partition coefficient (Wildman–Crippen LogP) is 5.82. The van der Waals surface area contributed by atoms with Gasteiger partial charge in [0.05, 0.1) is 22.5 Å². The number of anilines is 1. The van der Waals surface area contributed by atoms with E-state index in [9.17, 15) is 35.6 Å². The molecule has 13 heteroatoms. The Hall–Kier alpha value is -3.64. The SMILES string of the molecule is CCCCNC(=O)[C@@H](Cc1ccccc1)N(Cc1ccccc1F)C(=O)CN(c1ccc(Cl)c(C(F)(F)F)c1)S(C)(=O)=O. The van der Waals surface area contributed by atoms with Crippen LogP contribution in [0.5, 0.6) is 0 Å². The first-order chi connectivity index (χ1) is 20.2. The van der Waals surface area contributed by atoms with Crippen LogP contribution in [-0.2, 0) is 38.8 Å². The standard InChI is InChI=1S/C30H32ClF4N3O4S/c1-3-4-16-36-29(40)27(17-21-10-6-5-7-11-21)37(19-22-12-8-9-13-26(22)32)28(39)20-38(43(2,41)42)23-14-15-25(31)24(18-23)30(33,34)35/h5-15,18,27H,3-4,16-17,19-20H2,1-2H3,(H,36,40)/t27-/m1/s1. The van der Waals surface area contributed by atoms with E-state index in [-0.39, 0.29) is 12.0 Å². The molecule has 1 N–H and O–H groups in total. The average Bonchev–Trinajstić information content (AvgIpc) is 2.94. The van der Waals surface area contributed by atoms with Gasteiger partial charge in [0, 0.05) is 25.1 Å². The first-order valence-electron chi connectivity index (χ1n) is 13.4. The Morgan fingerprint density at radius 3 is 2.26 bits per heavy atom. The summed E-state index contributed by atoms with van der Waals surface area (Å²) in [6.45, 7) is 0.876. The van der Waals surface area contributed by atoms with Crippen LogP contribution in [0.25, 0.3) is 0 Å². The molecule has 0 aliphatic heterocycles. The maximum Gasteiger partial charge on any atom is 0.417 e. The summed E-state index contributed by atoms with van der Waals surface area (Å²) in [6, 6.07) is 15.6. The maximum atomic E-state index is 14.8. The third-order valence-corrected chi connectivity index (χ3v) is 8.09. The van der Waals surface area contributed by atoms with Crippen molar-refractivity contribution in [1.82, 2.24) is 10.2 Å². The number of nitrogens with one attached hydrogen (secondary N) is 1. The van der Waals surface area contributed by atoms with E-state index in [4.69, 9.17) is 11.6 Å². The summed E-state index contributed by atoms with van der Waals surface area (Å²) in [7, 11) is -4.32. The van der Waals surface area contributed by atoms with Gasteiger partial charge in [0.15, 0.2) is 0 Å².